The maximum Gasteiger partial charge on any atom is 0.416 e. The molecule has 12 heteroatoms. The molecule has 0 aliphatic carbocycles. The number of piperazine rings is 1. The van der Waals surface area contributed by atoms with E-state index in [0.717, 1.165) is 20.7 Å². The molecule has 1 heterocycles. The molecule has 0 unspecified atom stereocenters. The van der Waals surface area contributed by atoms with Gasteiger partial charge in [0, 0.05) is 31.2 Å². The first-order valence-corrected chi connectivity index (χ1v) is 11.6. The van der Waals surface area contributed by atoms with E-state index in [1.165, 1.54) is 24.3 Å². The van der Waals surface area contributed by atoms with Gasteiger partial charge in [-0.15, -0.1) is 0 Å². The van der Waals surface area contributed by atoms with E-state index in [1.807, 2.05) is 0 Å². The van der Waals surface area contributed by atoms with E-state index in [0.29, 0.717) is 17.2 Å². The van der Waals surface area contributed by atoms with Crippen LogP contribution < -0.4 is 0 Å². The van der Waals surface area contributed by atoms with Gasteiger partial charge >= 0.3 is 6.18 Å². The Kier molecular flexibility index (Phi) is 5.98. The topological polar surface area (TPSA) is 74.8 Å². The molecule has 0 amide bonds. The molecule has 1 saturated heterocycles. The minimum Gasteiger partial charge on any atom is -0.207 e. The van der Waals surface area contributed by atoms with Crippen LogP contribution in [-0.2, 0) is 26.2 Å². The van der Waals surface area contributed by atoms with Gasteiger partial charge in [-0.25, -0.2) is 16.8 Å². The van der Waals surface area contributed by atoms with Crippen molar-refractivity contribution in [3.8, 4) is 0 Å². The maximum atomic E-state index is 12.7. The predicted molar refractivity (Wildman–Crippen MR) is 100 cm³/mol. The van der Waals surface area contributed by atoms with Crippen LogP contribution in [0.15, 0.2) is 58.3 Å². The summed E-state index contributed by atoms with van der Waals surface area (Å²) in [4.78, 5) is -0.236. The van der Waals surface area contributed by atoms with E-state index >= 15 is 0 Å². The van der Waals surface area contributed by atoms with E-state index in [4.69, 9.17) is 11.6 Å². The zero-order chi connectivity index (χ0) is 21.4. The van der Waals surface area contributed by atoms with E-state index in [9.17, 15) is 30.0 Å². The molecule has 1 fully saturated rings. The van der Waals surface area contributed by atoms with Gasteiger partial charge in [0.05, 0.1) is 15.4 Å². The highest BCUT2D eigenvalue weighted by molar-refractivity contribution is 7.89. The Balaban J connectivity index is 1.73. The van der Waals surface area contributed by atoms with E-state index in [1.54, 1.807) is 0 Å². The van der Waals surface area contributed by atoms with E-state index < -0.39 is 31.8 Å². The Labute approximate surface area is 171 Å². The highest BCUT2D eigenvalue weighted by atomic mass is 35.5. The zero-order valence-electron chi connectivity index (χ0n) is 14.8. The minimum absolute atomic E-state index is 0.0425. The van der Waals surface area contributed by atoms with Crippen LogP contribution in [0.1, 0.15) is 5.56 Å². The summed E-state index contributed by atoms with van der Waals surface area (Å²) in [5, 5.41) is 0.386. The molecule has 29 heavy (non-hydrogen) atoms. The van der Waals surface area contributed by atoms with Crippen LogP contribution in [0.4, 0.5) is 13.2 Å². The third-order valence-corrected chi connectivity index (χ3v) is 8.55. The largest absolute Gasteiger partial charge is 0.416 e. The first-order valence-electron chi connectivity index (χ1n) is 8.35. The first kappa shape index (κ1) is 22.0. The molecule has 0 bridgehead atoms. The van der Waals surface area contributed by atoms with Gasteiger partial charge in [0.25, 0.3) is 0 Å². The lowest BCUT2D eigenvalue weighted by atomic mass is 10.2. The van der Waals surface area contributed by atoms with Crippen LogP contribution in [0.2, 0.25) is 5.02 Å². The number of nitrogens with zero attached hydrogens (tertiary/aromatic N) is 2. The van der Waals surface area contributed by atoms with Crippen LogP contribution in [0.25, 0.3) is 0 Å². The zero-order valence-corrected chi connectivity index (χ0v) is 17.2. The molecular formula is C17H16ClF3N2O4S2. The molecular weight excluding hydrogens is 453 g/mol. The lowest BCUT2D eigenvalue weighted by Gasteiger charge is -2.33. The van der Waals surface area contributed by atoms with Gasteiger partial charge < -0.3 is 0 Å². The fourth-order valence-electron chi connectivity index (χ4n) is 2.87. The quantitative estimate of drug-likeness (QED) is 0.691. The van der Waals surface area contributed by atoms with Crippen molar-refractivity contribution in [2.75, 3.05) is 26.2 Å². The third-order valence-electron chi connectivity index (χ3n) is 4.47. The normalized spacial score (nSPS) is 17.4. The van der Waals surface area contributed by atoms with Crippen molar-refractivity contribution in [1.29, 1.82) is 0 Å². The predicted octanol–water partition coefficient (Wildman–Crippen LogP) is 3.05. The van der Waals surface area contributed by atoms with Crippen LogP contribution in [0, 0.1) is 0 Å². The Morgan fingerprint density at radius 3 is 1.38 bits per heavy atom. The summed E-state index contributed by atoms with van der Waals surface area (Å²) in [6.45, 7) is -0.387. The molecule has 0 radical (unpaired) electrons. The second kappa shape index (κ2) is 7.88. The van der Waals surface area contributed by atoms with Crippen LogP contribution in [-0.4, -0.2) is 51.6 Å². The highest BCUT2D eigenvalue weighted by Crippen LogP contribution is 2.30. The summed E-state index contributed by atoms with van der Waals surface area (Å²) in [7, 11) is -7.84. The van der Waals surface area contributed by atoms with E-state index in [2.05, 4.69) is 0 Å². The Morgan fingerprint density at radius 1 is 0.690 bits per heavy atom. The molecule has 3 rings (SSSR count). The number of hydrogen-bond donors (Lipinski definition) is 0. The summed E-state index contributed by atoms with van der Waals surface area (Å²) in [5.74, 6) is 0. The van der Waals surface area contributed by atoms with Crippen LogP contribution >= 0.6 is 11.6 Å². The molecule has 1 aliphatic rings. The molecule has 0 saturated carbocycles. The molecule has 0 aromatic heterocycles. The number of benzene rings is 2. The molecule has 0 atom stereocenters. The SMILES string of the molecule is O=S(=O)(c1ccc(Cl)cc1)N1CCN(S(=O)(=O)c2ccc(C(F)(F)F)cc2)CC1. The van der Waals surface area contributed by atoms with Gasteiger partial charge in [0.1, 0.15) is 0 Å². The fraction of sp³-hybridized carbons (Fsp3) is 0.294. The molecule has 0 N–H and O–H groups in total. The first-order chi connectivity index (χ1) is 13.4. The van der Waals surface area contributed by atoms with Gasteiger partial charge in [0.2, 0.25) is 20.0 Å². The number of alkyl halides is 3. The average molecular weight is 469 g/mol. The number of hydrogen-bond acceptors (Lipinski definition) is 4. The summed E-state index contributed by atoms with van der Waals surface area (Å²) < 4.78 is 90.9. The van der Waals surface area contributed by atoms with Crippen molar-refractivity contribution in [2.24, 2.45) is 0 Å². The lowest BCUT2D eigenvalue weighted by Crippen LogP contribution is -2.50. The summed E-state index contributed by atoms with van der Waals surface area (Å²) in [5.41, 5.74) is -0.949. The Bertz CT molecular complexity index is 1080. The Morgan fingerprint density at radius 2 is 1.03 bits per heavy atom. The maximum absolute atomic E-state index is 12.7. The van der Waals surface area contributed by atoms with Crippen molar-refractivity contribution in [1.82, 2.24) is 8.61 Å². The van der Waals surface area contributed by atoms with Gasteiger partial charge in [-0.2, -0.15) is 21.8 Å². The second-order valence-electron chi connectivity index (χ2n) is 6.28. The van der Waals surface area contributed by atoms with Crippen molar-refractivity contribution >= 4 is 31.6 Å². The lowest BCUT2D eigenvalue weighted by molar-refractivity contribution is -0.137. The highest BCUT2D eigenvalue weighted by Gasteiger charge is 2.35. The summed E-state index contributed by atoms with van der Waals surface area (Å²) in [6.07, 6.45) is -4.57. The average Bonchev–Trinajstić information content (AvgIpc) is 2.68. The second-order valence-corrected chi connectivity index (χ2v) is 10.6. The van der Waals surface area contributed by atoms with Crippen LogP contribution in [0.3, 0.4) is 0 Å². The molecule has 0 spiro atoms. The van der Waals surface area contributed by atoms with Crippen molar-refractivity contribution < 1.29 is 30.0 Å². The third kappa shape index (κ3) is 4.58. The fourth-order valence-corrected chi connectivity index (χ4v) is 5.84. The molecule has 2 aromatic carbocycles. The van der Waals surface area contributed by atoms with Crippen LogP contribution in [0.5, 0.6) is 0 Å². The van der Waals surface area contributed by atoms with Crippen molar-refractivity contribution in [3.05, 3.63) is 59.1 Å². The van der Waals surface area contributed by atoms with Gasteiger partial charge in [-0.3, -0.25) is 0 Å². The monoisotopic (exact) mass is 468 g/mol. The van der Waals surface area contributed by atoms with Gasteiger partial charge in [-0.1, -0.05) is 11.6 Å². The molecule has 158 valence electrons. The summed E-state index contributed by atoms with van der Waals surface area (Å²) in [6, 6.07) is 8.82. The smallest absolute Gasteiger partial charge is 0.207 e. The van der Waals surface area contributed by atoms with Crippen molar-refractivity contribution in [2.45, 2.75) is 16.0 Å². The standard InChI is InChI=1S/C17H16ClF3N2O4S2/c18-14-3-7-16(8-4-14)29(26,27)23-11-9-22(10-12-23)28(24,25)15-5-1-13(2-6-15)17(19,20)21/h1-8H,9-12H2. The molecule has 2 aromatic rings. The Hall–Kier alpha value is -1.66. The van der Waals surface area contributed by atoms with Gasteiger partial charge in [-0.05, 0) is 48.5 Å². The number of rotatable bonds is 4. The van der Waals surface area contributed by atoms with E-state index in [-0.39, 0.29) is 36.0 Å². The van der Waals surface area contributed by atoms with Crippen molar-refractivity contribution in [3.63, 3.8) is 0 Å². The van der Waals surface area contributed by atoms with Gasteiger partial charge in [0.15, 0.2) is 0 Å². The minimum atomic E-state index is -4.57. The number of halogens is 4. The molecule has 6 nitrogen and oxygen atoms in total. The number of sulfonamides is 2. The molecule has 1 aliphatic heterocycles. The summed E-state index contributed by atoms with van der Waals surface area (Å²) >= 11 is 5.77.